The number of alkyl halides is 6. The fourth-order valence-corrected chi connectivity index (χ4v) is 4.93. The second-order valence-electron chi connectivity index (χ2n) is 9.52. The molecule has 1 aliphatic carbocycles. The van der Waals surface area contributed by atoms with Crippen LogP contribution >= 0.6 is 11.8 Å². The monoisotopic (exact) mass is 632 g/mol. The summed E-state index contributed by atoms with van der Waals surface area (Å²) >= 11 is 0.648. The highest BCUT2D eigenvalue weighted by Gasteiger charge is 2.38. The third kappa shape index (κ3) is 8.13. The van der Waals surface area contributed by atoms with E-state index in [1.54, 1.807) is 24.3 Å². The summed E-state index contributed by atoms with van der Waals surface area (Å²) in [5.41, 5.74) is -0.847. The number of thioether (sulfide) groups is 1. The molecule has 0 bridgehead atoms. The number of halogens is 6. The van der Waals surface area contributed by atoms with Crippen LogP contribution in [0.3, 0.4) is 0 Å². The molecule has 4 rings (SSSR count). The number of aromatic nitrogens is 1. The number of carbonyl (C=O) groups excluding carboxylic acids is 2. The molecule has 1 N–H and O–H groups in total. The molecule has 1 amide bonds. The molecule has 5 nitrogen and oxygen atoms in total. The molecule has 0 radical (unpaired) electrons. The average Bonchev–Trinajstić information content (AvgIpc) is 3.12. The van der Waals surface area contributed by atoms with E-state index >= 15 is 0 Å². The second-order valence-corrected chi connectivity index (χ2v) is 10.4. The van der Waals surface area contributed by atoms with E-state index in [4.69, 9.17) is 4.74 Å². The predicted molar refractivity (Wildman–Crippen MR) is 159 cm³/mol. The van der Waals surface area contributed by atoms with Crippen molar-refractivity contribution in [3.05, 3.63) is 118 Å². The highest BCUT2D eigenvalue weighted by atomic mass is 32.2. The summed E-state index contributed by atoms with van der Waals surface area (Å²) in [5.74, 6) is -0.00910. The summed E-state index contributed by atoms with van der Waals surface area (Å²) in [4.78, 5) is 23.1. The first-order valence-electron chi connectivity index (χ1n) is 13.2. The number of hydrogen-bond acceptors (Lipinski definition) is 4. The van der Waals surface area contributed by atoms with Crippen LogP contribution in [0.25, 0.3) is 17.0 Å². The molecule has 230 valence electrons. The Hall–Kier alpha value is -4.45. The van der Waals surface area contributed by atoms with Crippen LogP contribution in [0, 0.1) is 0 Å². The number of allylic oxidation sites excluding steroid dienone is 6. The summed E-state index contributed by atoms with van der Waals surface area (Å²) in [7, 11) is 1.39. The smallest absolute Gasteiger partial charge is 0.416 e. The van der Waals surface area contributed by atoms with E-state index < -0.39 is 35.9 Å². The van der Waals surface area contributed by atoms with Crippen LogP contribution in [-0.2, 0) is 28.5 Å². The molecule has 2 aromatic carbocycles. The van der Waals surface area contributed by atoms with Gasteiger partial charge in [0.25, 0.3) is 5.91 Å². The number of fused-ring (bicyclic) bond motifs is 1. The first kappa shape index (κ1) is 32.5. The number of likely N-dealkylation sites (N-methyl/N-ethyl adjacent to an activating group) is 1. The fourth-order valence-electron chi connectivity index (χ4n) is 4.46. The Morgan fingerprint density at radius 1 is 1.05 bits per heavy atom. The zero-order valence-corrected chi connectivity index (χ0v) is 24.0. The molecule has 0 saturated carbocycles. The maximum absolute atomic E-state index is 14.0. The molecule has 1 aromatic heterocycles. The summed E-state index contributed by atoms with van der Waals surface area (Å²) in [6.45, 7) is -0.128. The minimum atomic E-state index is -5.04. The topological polar surface area (TPSA) is 60.3 Å². The lowest BCUT2D eigenvalue weighted by atomic mass is 10.0. The molecule has 0 atom stereocenters. The number of ether oxygens (including phenoxy) is 1. The highest BCUT2D eigenvalue weighted by molar-refractivity contribution is 8.16. The minimum Gasteiger partial charge on any atom is -0.489 e. The van der Waals surface area contributed by atoms with Gasteiger partial charge in [0.15, 0.2) is 5.62 Å². The maximum Gasteiger partial charge on any atom is 0.416 e. The van der Waals surface area contributed by atoms with Crippen LogP contribution in [0.4, 0.5) is 26.3 Å². The molecule has 44 heavy (non-hydrogen) atoms. The van der Waals surface area contributed by atoms with Gasteiger partial charge < -0.3 is 14.6 Å². The van der Waals surface area contributed by atoms with Gasteiger partial charge in [-0.2, -0.15) is 26.3 Å². The molecule has 3 aromatic rings. The normalized spacial score (nSPS) is 14.2. The Morgan fingerprint density at radius 3 is 2.55 bits per heavy atom. The zero-order valence-electron chi connectivity index (χ0n) is 23.2. The third-order valence-electron chi connectivity index (χ3n) is 6.57. The second kappa shape index (κ2) is 13.9. The van der Waals surface area contributed by atoms with Gasteiger partial charge in [0.1, 0.15) is 12.4 Å². The van der Waals surface area contributed by atoms with E-state index in [2.05, 4.69) is 5.32 Å². The quantitative estimate of drug-likeness (QED) is 0.106. The molecule has 1 aliphatic rings. The van der Waals surface area contributed by atoms with Gasteiger partial charge in [-0.1, -0.05) is 42.5 Å². The number of benzene rings is 2. The van der Waals surface area contributed by atoms with Crippen molar-refractivity contribution in [2.45, 2.75) is 25.3 Å². The predicted octanol–water partition coefficient (Wildman–Crippen LogP) is 8.12. The molecule has 1 heterocycles. The largest absolute Gasteiger partial charge is 0.489 e. The molecule has 0 fully saturated rings. The maximum atomic E-state index is 14.0. The van der Waals surface area contributed by atoms with E-state index in [1.807, 2.05) is 30.4 Å². The average molecular weight is 633 g/mol. The van der Waals surface area contributed by atoms with E-state index in [0.29, 0.717) is 45.8 Å². The van der Waals surface area contributed by atoms with Crippen molar-refractivity contribution in [1.29, 1.82) is 0 Å². The van der Waals surface area contributed by atoms with Crippen LogP contribution in [0.15, 0.2) is 95.5 Å². The third-order valence-corrected chi connectivity index (χ3v) is 7.24. The van der Waals surface area contributed by atoms with Crippen molar-refractivity contribution in [2.75, 3.05) is 13.7 Å². The number of carbonyl (C=O) groups is 2. The summed E-state index contributed by atoms with van der Waals surface area (Å²) in [6, 6.07) is 8.28. The van der Waals surface area contributed by atoms with E-state index in [0.717, 1.165) is 18.1 Å². The van der Waals surface area contributed by atoms with Gasteiger partial charge in [0.05, 0.1) is 16.0 Å². The Kier molecular flexibility index (Phi) is 10.3. The molecular weight excluding hydrogens is 606 g/mol. The molecule has 0 saturated heterocycles. The Labute approximate surface area is 253 Å². The zero-order chi connectivity index (χ0) is 31.9. The van der Waals surface area contributed by atoms with E-state index in [1.165, 1.54) is 29.8 Å². The van der Waals surface area contributed by atoms with Crippen LogP contribution in [0.2, 0.25) is 0 Å². The molecular formula is C32H26F6N2O3S. The van der Waals surface area contributed by atoms with Gasteiger partial charge in [-0.15, -0.1) is 0 Å². The van der Waals surface area contributed by atoms with Gasteiger partial charge >= 0.3 is 12.4 Å². The standard InChI is InChI=1S/C32H26F6N2O3S/c1-39-30(42)29(44-20-41)10-6-9-25-15-23-16-26(43-19-21-7-4-2-3-5-8-21)13-14-28(23)40(25)18-22-11-12-24(31(33,34)35)17-27(22)32(36,37)38/h2,4-17,20H,3,18-19H2,1H3,(H,39,42)/b9-6+,29-10-. The SMILES string of the molecule is CNC(=O)/C(=C/C=C/c1cc2cc(OCC3=CC=CCC=C3)ccc2n1Cc1ccc(C(F)(F)F)cc1C(F)(F)F)SC=O. The Bertz CT molecular complexity index is 1690. The number of nitrogens with one attached hydrogen (secondary N) is 1. The van der Waals surface area contributed by atoms with Crippen LogP contribution in [0.1, 0.15) is 28.8 Å². The van der Waals surface area contributed by atoms with Crippen molar-refractivity contribution in [1.82, 2.24) is 9.88 Å². The molecule has 0 aliphatic heterocycles. The lowest BCUT2D eigenvalue weighted by Crippen LogP contribution is -2.18. The van der Waals surface area contributed by atoms with Gasteiger partial charge in [0.2, 0.25) is 0 Å². The van der Waals surface area contributed by atoms with Crippen LogP contribution in [-0.4, -0.2) is 29.7 Å². The minimum absolute atomic E-state index is 0.0795. The van der Waals surface area contributed by atoms with Gasteiger partial charge in [-0.05, 0) is 77.9 Å². The summed E-state index contributed by atoms with van der Waals surface area (Å²) in [6.07, 6.45) is 4.96. The molecule has 12 heteroatoms. The number of nitrogens with zero attached hydrogens (tertiary/aromatic N) is 1. The van der Waals surface area contributed by atoms with Crippen molar-refractivity contribution in [2.24, 2.45) is 0 Å². The highest BCUT2D eigenvalue weighted by Crippen LogP contribution is 2.38. The fraction of sp³-hybridized carbons (Fsp3) is 0.188. The van der Waals surface area contributed by atoms with E-state index in [9.17, 15) is 35.9 Å². The van der Waals surface area contributed by atoms with Crippen molar-refractivity contribution in [3.8, 4) is 5.75 Å². The molecule has 0 unspecified atom stereocenters. The summed E-state index contributed by atoms with van der Waals surface area (Å²) < 4.78 is 89.1. The van der Waals surface area contributed by atoms with Crippen LogP contribution in [0.5, 0.6) is 5.75 Å². The van der Waals surface area contributed by atoms with Crippen molar-refractivity contribution in [3.63, 3.8) is 0 Å². The number of amides is 1. The Morgan fingerprint density at radius 2 is 1.84 bits per heavy atom. The van der Waals surface area contributed by atoms with Gasteiger partial charge in [-0.3, -0.25) is 9.59 Å². The first-order valence-corrected chi connectivity index (χ1v) is 14.0. The van der Waals surface area contributed by atoms with Crippen molar-refractivity contribution >= 4 is 40.3 Å². The van der Waals surface area contributed by atoms with E-state index in [-0.39, 0.29) is 23.1 Å². The van der Waals surface area contributed by atoms with Crippen molar-refractivity contribution < 1.29 is 40.7 Å². The number of rotatable bonds is 10. The lowest BCUT2D eigenvalue weighted by Gasteiger charge is -2.18. The Balaban J connectivity index is 1.77. The number of hydrogen-bond donors (Lipinski definition) is 1. The van der Waals surface area contributed by atoms with Crippen LogP contribution < -0.4 is 10.1 Å². The van der Waals surface area contributed by atoms with Gasteiger partial charge in [-0.25, -0.2) is 0 Å². The summed E-state index contributed by atoms with van der Waals surface area (Å²) in [5, 5.41) is 3.01. The molecule has 0 spiro atoms. The lowest BCUT2D eigenvalue weighted by molar-refractivity contribution is -0.143. The first-order chi connectivity index (χ1) is 20.9. The van der Waals surface area contributed by atoms with Gasteiger partial charge in [0, 0.05) is 30.2 Å².